The second kappa shape index (κ2) is 6.16. The third-order valence-electron chi connectivity index (χ3n) is 3.60. The first-order valence-corrected chi connectivity index (χ1v) is 6.74. The zero-order valence-electron chi connectivity index (χ0n) is 10.9. The Hall–Kier alpha value is -1.13. The van der Waals surface area contributed by atoms with Gasteiger partial charge in [0.15, 0.2) is 0 Å². The maximum atomic E-state index is 10.0. The van der Waals surface area contributed by atoms with Crippen molar-refractivity contribution in [3.05, 3.63) is 23.5 Å². The summed E-state index contributed by atoms with van der Waals surface area (Å²) in [5, 5.41) is 23.0. The van der Waals surface area contributed by atoms with Gasteiger partial charge in [0.1, 0.15) is 5.75 Å². The molecule has 0 aromatic carbocycles. The highest BCUT2D eigenvalue weighted by Crippen LogP contribution is 2.20. The molecule has 1 aromatic rings. The fraction of sp³-hybridized carbons (Fsp3) is 0.643. The van der Waals surface area contributed by atoms with Gasteiger partial charge in [-0.3, -0.25) is 4.98 Å². The maximum absolute atomic E-state index is 10.0. The van der Waals surface area contributed by atoms with Crippen molar-refractivity contribution in [2.75, 3.05) is 0 Å². The van der Waals surface area contributed by atoms with E-state index in [0.717, 1.165) is 31.4 Å². The molecule has 0 saturated heterocycles. The van der Waals surface area contributed by atoms with Crippen molar-refractivity contribution in [1.29, 1.82) is 0 Å². The zero-order chi connectivity index (χ0) is 13.0. The minimum Gasteiger partial charge on any atom is -0.506 e. The number of rotatable bonds is 3. The molecule has 1 aliphatic rings. The van der Waals surface area contributed by atoms with Crippen LogP contribution in [0.3, 0.4) is 0 Å². The molecule has 0 aliphatic heterocycles. The van der Waals surface area contributed by atoms with Gasteiger partial charge in [-0.2, -0.15) is 0 Å². The first-order valence-electron chi connectivity index (χ1n) is 6.74. The van der Waals surface area contributed by atoms with Crippen LogP contribution in [-0.4, -0.2) is 27.3 Å². The first-order chi connectivity index (χ1) is 8.66. The second-order valence-corrected chi connectivity index (χ2v) is 5.11. The number of aliphatic hydroxyl groups excluding tert-OH is 1. The SMILES string of the molecule is Cc1ccc(O)c(CNC2CCCCCC2O)n1. The fourth-order valence-electron chi connectivity index (χ4n) is 2.49. The summed E-state index contributed by atoms with van der Waals surface area (Å²) >= 11 is 0. The van der Waals surface area contributed by atoms with Gasteiger partial charge >= 0.3 is 0 Å². The number of aromatic nitrogens is 1. The highest BCUT2D eigenvalue weighted by molar-refractivity contribution is 5.27. The monoisotopic (exact) mass is 250 g/mol. The van der Waals surface area contributed by atoms with E-state index < -0.39 is 0 Å². The van der Waals surface area contributed by atoms with E-state index >= 15 is 0 Å². The van der Waals surface area contributed by atoms with E-state index in [2.05, 4.69) is 10.3 Å². The van der Waals surface area contributed by atoms with E-state index in [1.807, 2.05) is 6.92 Å². The van der Waals surface area contributed by atoms with Gasteiger partial charge in [-0.05, 0) is 31.9 Å². The van der Waals surface area contributed by atoms with Crippen LogP contribution >= 0.6 is 0 Å². The molecule has 18 heavy (non-hydrogen) atoms. The highest BCUT2D eigenvalue weighted by atomic mass is 16.3. The first kappa shape index (κ1) is 13.3. The summed E-state index contributed by atoms with van der Waals surface area (Å²) < 4.78 is 0. The minimum absolute atomic E-state index is 0.120. The van der Waals surface area contributed by atoms with Gasteiger partial charge in [0.05, 0.1) is 11.8 Å². The van der Waals surface area contributed by atoms with E-state index in [1.165, 1.54) is 6.42 Å². The number of nitrogens with zero attached hydrogens (tertiary/aromatic N) is 1. The average Bonchev–Trinajstić information content (AvgIpc) is 2.55. The second-order valence-electron chi connectivity index (χ2n) is 5.11. The van der Waals surface area contributed by atoms with Crippen molar-refractivity contribution < 1.29 is 10.2 Å². The number of hydrogen-bond acceptors (Lipinski definition) is 4. The molecule has 2 atom stereocenters. The zero-order valence-corrected chi connectivity index (χ0v) is 10.9. The lowest BCUT2D eigenvalue weighted by molar-refractivity contribution is 0.119. The molecule has 1 saturated carbocycles. The standard InChI is InChI=1S/C14H22N2O2/c1-10-7-8-14(18)12(16-10)9-15-11-5-3-2-4-6-13(11)17/h7-8,11,13,15,17-18H,2-6,9H2,1H3. The van der Waals surface area contributed by atoms with Gasteiger partial charge < -0.3 is 15.5 Å². The van der Waals surface area contributed by atoms with Crippen LogP contribution in [0.2, 0.25) is 0 Å². The van der Waals surface area contributed by atoms with Crippen molar-refractivity contribution in [2.45, 2.75) is 57.7 Å². The Morgan fingerprint density at radius 2 is 2.06 bits per heavy atom. The Morgan fingerprint density at radius 3 is 2.89 bits per heavy atom. The van der Waals surface area contributed by atoms with E-state index in [1.54, 1.807) is 12.1 Å². The van der Waals surface area contributed by atoms with Crippen molar-refractivity contribution in [2.24, 2.45) is 0 Å². The van der Waals surface area contributed by atoms with Crippen LogP contribution in [0, 0.1) is 6.92 Å². The number of hydrogen-bond donors (Lipinski definition) is 3. The van der Waals surface area contributed by atoms with Crippen molar-refractivity contribution in [3.63, 3.8) is 0 Å². The number of aromatic hydroxyl groups is 1. The molecule has 1 aromatic heterocycles. The van der Waals surface area contributed by atoms with Crippen molar-refractivity contribution in [1.82, 2.24) is 10.3 Å². The smallest absolute Gasteiger partial charge is 0.138 e. The van der Waals surface area contributed by atoms with Crippen LogP contribution in [0.1, 0.15) is 43.5 Å². The number of aliphatic hydroxyl groups is 1. The molecule has 1 heterocycles. The lowest BCUT2D eigenvalue weighted by Gasteiger charge is -2.21. The normalized spacial score (nSPS) is 24.8. The average molecular weight is 250 g/mol. The third kappa shape index (κ3) is 3.43. The molecule has 2 unspecified atom stereocenters. The van der Waals surface area contributed by atoms with E-state index in [9.17, 15) is 10.2 Å². The van der Waals surface area contributed by atoms with Gasteiger partial charge in [-0.25, -0.2) is 0 Å². The molecular formula is C14H22N2O2. The number of aryl methyl sites for hydroxylation is 1. The maximum Gasteiger partial charge on any atom is 0.138 e. The van der Waals surface area contributed by atoms with Gasteiger partial charge in [0, 0.05) is 18.3 Å². The number of pyridine rings is 1. The summed E-state index contributed by atoms with van der Waals surface area (Å²) in [6, 6.07) is 3.58. The van der Waals surface area contributed by atoms with Gasteiger partial charge in [0.2, 0.25) is 0 Å². The summed E-state index contributed by atoms with van der Waals surface area (Å²) in [4.78, 5) is 4.31. The largest absolute Gasteiger partial charge is 0.506 e. The summed E-state index contributed by atoms with van der Waals surface area (Å²) in [5.41, 5.74) is 1.55. The molecule has 0 amide bonds. The topological polar surface area (TPSA) is 65.4 Å². The Labute approximate surface area is 108 Å². The van der Waals surface area contributed by atoms with Crippen LogP contribution in [0.5, 0.6) is 5.75 Å². The summed E-state index contributed by atoms with van der Waals surface area (Å²) in [6.45, 7) is 2.42. The van der Waals surface area contributed by atoms with Gasteiger partial charge in [-0.1, -0.05) is 19.3 Å². The summed E-state index contributed by atoms with van der Waals surface area (Å²) in [7, 11) is 0. The molecule has 1 fully saturated rings. The van der Waals surface area contributed by atoms with Crippen LogP contribution in [0.4, 0.5) is 0 Å². The fourth-order valence-corrected chi connectivity index (χ4v) is 2.49. The molecule has 0 radical (unpaired) electrons. The lowest BCUT2D eigenvalue weighted by Crippen LogP contribution is -2.38. The Kier molecular flexibility index (Phi) is 4.55. The van der Waals surface area contributed by atoms with Gasteiger partial charge in [0.25, 0.3) is 0 Å². The van der Waals surface area contributed by atoms with Gasteiger partial charge in [-0.15, -0.1) is 0 Å². The molecule has 3 N–H and O–H groups in total. The Morgan fingerprint density at radius 1 is 1.28 bits per heavy atom. The molecule has 4 heteroatoms. The minimum atomic E-state index is -0.278. The van der Waals surface area contributed by atoms with Crippen LogP contribution in [-0.2, 0) is 6.54 Å². The number of nitrogens with one attached hydrogen (secondary N) is 1. The molecule has 0 spiro atoms. The predicted octanol–water partition coefficient (Wildman–Crippen LogP) is 1.88. The molecule has 2 rings (SSSR count). The van der Waals surface area contributed by atoms with Crippen molar-refractivity contribution in [3.8, 4) is 5.75 Å². The quantitative estimate of drug-likeness (QED) is 0.717. The van der Waals surface area contributed by atoms with Crippen LogP contribution in [0.25, 0.3) is 0 Å². The van der Waals surface area contributed by atoms with E-state index in [0.29, 0.717) is 12.2 Å². The molecule has 0 bridgehead atoms. The highest BCUT2D eigenvalue weighted by Gasteiger charge is 2.21. The lowest BCUT2D eigenvalue weighted by atomic mass is 10.1. The van der Waals surface area contributed by atoms with E-state index in [-0.39, 0.29) is 17.9 Å². The third-order valence-corrected chi connectivity index (χ3v) is 3.60. The molecule has 1 aliphatic carbocycles. The predicted molar refractivity (Wildman–Crippen MR) is 70.4 cm³/mol. The van der Waals surface area contributed by atoms with Crippen LogP contribution in [0.15, 0.2) is 12.1 Å². The molecule has 100 valence electrons. The van der Waals surface area contributed by atoms with Crippen LogP contribution < -0.4 is 5.32 Å². The molecular weight excluding hydrogens is 228 g/mol. The summed E-state index contributed by atoms with van der Waals surface area (Å²) in [5.74, 6) is 0.219. The van der Waals surface area contributed by atoms with Crippen molar-refractivity contribution >= 4 is 0 Å². The van der Waals surface area contributed by atoms with E-state index in [4.69, 9.17) is 0 Å². The Balaban J connectivity index is 1.95. The summed E-state index contributed by atoms with van der Waals surface area (Å²) in [6.07, 6.45) is 5.04. The molecule has 4 nitrogen and oxygen atoms in total. The Bertz CT molecular complexity index is 395.